The topological polar surface area (TPSA) is 131 Å². The predicted octanol–water partition coefficient (Wildman–Crippen LogP) is 14.5. The third-order valence-electron chi connectivity index (χ3n) is 12.9. The number of nitriles is 4. The summed E-state index contributed by atoms with van der Waals surface area (Å²) >= 11 is 0. The number of para-hydroxylation sites is 2. The molecule has 0 atom stereocenters. The molecule has 9 aromatic carbocycles. The molecular weight excluding hydrogens is 857 g/mol. The summed E-state index contributed by atoms with van der Waals surface area (Å²) in [6, 6.07) is 77.7. The third-order valence-corrected chi connectivity index (χ3v) is 12.9. The van der Waals surface area contributed by atoms with Crippen LogP contribution in [0.1, 0.15) is 22.3 Å². The lowest BCUT2D eigenvalue weighted by molar-refractivity contribution is 1.13. The molecule has 322 valence electrons. The van der Waals surface area contributed by atoms with Gasteiger partial charge in [-0.2, -0.15) is 21.0 Å². The van der Waals surface area contributed by atoms with E-state index >= 15 is 0 Å². The van der Waals surface area contributed by atoms with Crippen molar-refractivity contribution in [2.45, 2.75) is 0 Å². The molecule has 0 fully saturated rings. The lowest BCUT2D eigenvalue weighted by Gasteiger charge is -2.16. The van der Waals surface area contributed by atoms with Crippen molar-refractivity contribution in [3.63, 3.8) is 0 Å². The van der Waals surface area contributed by atoms with Crippen molar-refractivity contribution >= 4 is 43.6 Å². The van der Waals surface area contributed by atoms with Crippen molar-refractivity contribution in [3.05, 3.63) is 229 Å². The van der Waals surface area contributed by atoms with Crippen LogP contribution in [-0.2, 0) is 0 Å². The fraction of sp³-hybridized carbons (Fsp3) is 0. The van der Waals surface area contributed by atoms with Gasteiger partial charge < -0.3 is 9.13 Å². The van der Waals surface area contributed by atoms with E-state index in [1.165, 1.54) is 0 Å². The summed E-state index contributed by atoms with van der Waals surface area (Å²) in [7, 11) is 0. The molecule has 0 saturated heterocycles. The molecule has 12 rings (SSSR count). The third kappa shape index (κ3) is 7.07. The molecule has 70 heavy (non-hydrogen) atoms. The monoisotopic (exact) mass is 890 g/mol. The first-order valence-corrected chi connectivity index (χ1v) is 22.6. The van der Waals surface area contributed by atoms with Crippen LogP contribution in [0.4, 0.5) is 0 Å². The average Bonchev–Trinajstić information content (AvgIpc) is 3.95. The van der Waals surface area contributed by atoms with Gasteiger partial charge in [-0.25, -0.2) is 9.97 Å². The van der Waals surface area contributed by atoms with Gasteiger partial charge in [-0.1, -0.05) is 109 Å². The Morgan fingerprint density at radius 3 is 1.14 bits per heavy atom. The van der Waals surface area contributed by atoms with Crippen molar-refractivity contribution in [1.82, 2.24) is 19.1 Å². The van der Waals surface area contributed by atoms with Crippen molar-refractivity contribution in [2.75, 3.05) is 0 Å². The van der Waals surface area contributed by atoms with Crippen molar-refractivity contribution in [2.24, 2.45) is 0 Å². The van der Waals surface area contributed by atoms with Crippen LogP contribution in [0.3, 0.4) is 0 Å². The number of hydrogen-bond acceptors (Lipinski definition) is 6. The molecule has 0 aliphatic carbocycles. The van der Waals surface area contributed by atoms with Gasteiger partial charge >= 0.3 is 0 Å². The number of nitrogens with zero attached hydrogens (tertiary/aromatic N) is 8. The molecule has 0 amide bonds. The Balaban J connectivity index is 1.14. The number of benzene rings is 9. The molecular formula is C62H34N8. The van der Waals surface area contributed by atoms with Gasteiger partial charge in [-0.3, -0.25) is 0 Å². The lowest BCUT2D eigenvalue weighted by Crippen LogP contribution is -2.01. The minimum atomic E-state index is 0.430. The summed E-state index contributed by atoms with van der Waals surface area (Å²) in [5.74, 6) is 0.609. The van der Waals surface area contributed by atoms with Crippen LogP contribution in [0.15, 0.2) is 206 Å². The van der Waals surface area contributed by atoms with Gasteiger partial charge in [0.15, 0.2) is 5.82 Å². The fourth-order valence-electron chi connectivity index (χ4n) is 9.78. The molecule has 0 aliphatic rings. The molecule has 0 aliphatic heterocycles. The summed E-state index contributed by atoms with van der Waals surface area (Å²) in [6.07, 6.45) is 0. The van der Waals surface area contributed by atoms with Crippen molar-refractivity contribution < 1.29 is 0 Å². The molecule has 0 radical (unpaired) electrons. The molecule has 3 aromatic heterocycles. The molecule has 8 nitrogen and oxygen atoms in total. The standard InChI is InChI=1S/C62H34N8/c63-35-39-23-40(36-64)26-47(25-39)45-19-21-60-54(31-45)52-15-7-9-17-58(52)69(60)50-29-49(57-34-56(43-11-3-1-4-12-43)67-62(68-57)44-13-5-2-6-14-44)30-51(33-50)70-59-18-10-8-16-53(59)55-32-46(20-22-61(55)70)48-27-41(37-65)24-42(28-48)38-66/h1-34H. The van der Waals surface area contributed by atoms with Gasteiger partial charge in [0.1, 0.15) is 0 Å². The normalized spacial score (nSPS) is 11.1. The number of fused-ring (bicyclic) bond motifs is 6. The molecule has 3 heterocycles. The van der Waals surface area contributed by atoms with E-state index in [1.807, 2.05) is 84.9 Å². The fourth-order valence-corrected chi connectivity index (χ4v) is 9.78. The van der Waals surface area contributed by atoms with E-state index in [4.69, 9.17) is 9.97 Å². The highest BCUT2D eigenvalue weighted by molar-refractivity contribution is 6.12. The maximum absolute atomic E-state index is 9.83. The smallest absolute Gasteiger partial charge is 0.160 e. The number of rotatable bonds is 7. The van der Waals surface area contributed by atoms with Gasteiger partial charge in [0.05, 0.1) is 80.0 Å². The summed E-state index contributed by atoms with van der Waals surface area (Å²) in [5, 5.41) is 43.5. The maximum atomic E-state index is 9.83. The SMILES string of the molecule is N#Cc1cc(C#N)cc(-c2ccc3c(c2)c2ccccc2n3-c2cc(-c3cc(-c4ccccc4)nc(-c4ccccc4)n3)cc(-n3c4ccccc4c4cc(-c5cc(C#N)cc(C#N)c5)ccc43)c2)c1. The van der Waals surface area contributed by atoms with Crippen LogP contribution >= 0.6 is 0 Å². The number of aromatic nitrogens is 4. The minimum Gasteiger partial charge on any atom is -0.309 e. The zero-order chi connectivity index (χ0) is 47.3. The number of hydrogen-bond donors (Lipinski definition) is 0. The highest BCUT2D eigenvalue weighted by Gasteiger charge is 2.20. The molecule has 0 bridgehead atoms. The second kappa shape index (κ2) is 16.8. The van der Waals surface area contributed by atoms with Crippen LogP contribution in [0.5, 0.6) is 0 Å². The van der Waals surface area contributed by atoms with E-state index in [9.17, 15) is 21.0 Å². The van der Waals surface area contributed by atoms with E-state index in [1.54, 1.807) is 12.1 Å². The van der Waals surface area contributed by atoms with Crippen LogP contribution in [-0.4, -0.2) is 19.1 Å². The molecule has 8 heteroatoms. The second-order valence-electron chi connectivity index (χ2n) is 17.1. The Bertz CT molecular complexity index is 3950. The second-order valence-corrected chi connectivity index (χ2v) is 17.1. The van der Waals surface area contributed by atoms with Crippen molar-refractivity contribution in [3.8, 4) is 91.8 Å². The molecule has 0 unspecified atom stereocenters. The van der Waals surface area contributed by atoms with E-state index in [-0.39, 0.29) is 0 Å². The van der Waals surface area contributed by atoms with Crippen LogP contribution < -0.4 is 0 Å². The zero-order valence-electron chi connectivity index (χ0n) is 37.2. The van der Waals surface area contributed by atoms with E-state index in [0.29, 0.717) is 28.1 Å². The Morgan fingerprint density at radius 2 is 0.686 bits per heavy atom. The molecule has 0 N–H and O–H groups in total. The Hall–Kier alpha value is -10.4. The summed E-state index contributed by atoms with van der Waals surface area (Å²) < 4.78 is 4.60. The lowest BCUT2D eigenvalue weighted by atomic mass is 9.99. The van der Waals surface area contributed by atoms with E-state index in [0.717, 1.165) is 105 Å². The average molecular weight is 891 g/mol. The summed E-state index contributed by atoms with van der Waals surface area (Å²) in [5.41, 5.74) is 15.2. The first kappa shape index (κ1) is 41.1. The van der Waals surface area contributed by atoms with Gasteiger partial charge in [0, 0.05) is 49.6 Å². The Morgan fingerprint density at radius 1 is 0.286 bits per heavy atom. The molecule has 0 saturated carbocycles. The van der Waals surface area contributed by atoms with Crippen LogP contribution in [0, 0.1) is 45.3 Å². The quantitative estimate of drug-likeness (QED) is 0.157. The van der Waals surface area contributed by atoms with Gasteiger partial charge in [0.25, 0.3) is 0 Å². The van der Waals surface area contributed by atoms with E-state index < -0.39 is 0 Å². The minimum absolute atomic E-state index is 0.430. The first-order chi connectivity index (χ1) is 34.5. The predicted molar refractivity (Wildman–Crippen MR) is 277 cm³/mol. The summed E-state index contributed by atoms with van der Waals surface area (Å²) in [6.45, 7) is 0. The van der Waals surface area contributed by atoms with E-state index in [2.05, 4.69) is 143 Å². The van der Waals surface area contributed by atoms with Gasteiger partial charge in [-0.15, -0.1) is 0 Å². The van der Waals surface area contributed by atoms with Crippen molar-refractivity contribution in [1.29, 1.82) is 21.0 Å². The van der Waals surface area contributed by atoms with Gasteiger partial charge in [-0.05, 0) is 119 Å². The van der Waals surface area contributed by atoms with Crippen LogP contribution in [0.2, 0.25) is 0 Å². The Kier molecular flexibility index (Phi) is 9.86. The zero-order valence-corrected chi connectivity index (χ0v) is 37.2. The van der Waals surface area contributed by atoms with Crippen LogP contribution in [0.25, 0.3) is 111 Å². The molecule has 12 aromatic rings. The maximum Gasteiger partial charge on any atom is 0.160 e. The summed E-state index contributed by atoms with van der Waals surface area (Å²) in [4.78, 5) is 10.4. The highest BCUT2D eigenvalue weighted by atomic mass is 15.0. The Labute approximate surface area is 402 Å². The van der Waals surface area contributed by atoms with Gasteiger partial charge in [0.2, 0.25) is 0 Å². The first-order valence-electron chi connectivity index (χ1n) is 22.6. The molecule has 0 spiro atoms. The largest absolute Gasteiger partial charge is 0.309 e. The highest BCUT2D eigenvalue weighted by Crippen LogP contribution is 2.41.